The van der Waals surface area contributed by atoms with E-state index in [1.165, 1.54) is 35.4 Å². The number of carbonyl (C=O) groups is 1. The fourth-order valence-corrected chi connectivity index (χ4v) is 3.85. The van der Waals surface area contributed by atoms with Crippen LogP contribution in [-0.4, -0.2) is 16.2 Å². The Bertz CT molecular complexity index is 630. The van der Waals surface area contributed by atoms with Gasteiger partial charge in [0.1, 0.15) is 10.5 Å². The van der Waals surface area contributed by atoms with Gasteiger partial charge in [-0.25, -0.2) is 0 Å². The molecule has 0 aromatic carbocycles. The average molecular weight is 315 g/mol. The highest BCUT2D eigenvalue weighted by atomic mass is 35.5. The summed E-state index contributed by atoms with van der Waals surface area (Å²) >= 11 is 8.40. The maximum Gasteiger partial charge on any atom is 0.294 e. The summed E-state index contributed by atoms with van der Waals surface area (Å²) in [5.41, 5.74) is -0.000251. The lowest BCUT2D eigenvalue weighted by Gasteiger charge is -2.00. The average Bonchev–Trinajstić information content (AvgIpc) is 2.76. The van der Waals surface area contributed by atoms with Crippen LogP contribution in [0.2, 0.25) is 5.02 Å². The van der Waals surface area contributed by atoms with Crippen LogP contribution >= 0.6 is 34.7 Å². The Morgan fingerprint density at radius 3 is 3.00 bits per heavy atom. The molecule has 2 aromatic rings. The van der Waals surface area contributed by atoms with Gasteiger partial charge in [-0.15, -0.1) is 11.3 Å². The highest BCUT2D eigenvalue weighted by Crippen LogP contribution is 2.43. The van der Waals surface area contributed by atoms with Crippen LogP contribution in [0.4, 0.5) is 5.69 Å². The number of nitrogens with zero attached hydrogens (tertiary/aromatic N) is 2. The van der Waals surface area contributed by atoms with E-state index in [0.717, 1.165) is 6.29 Å². The SMILES string of the molecule is O=CCc1cc([N+](=O)[O-])c(Sc2ccncc2Cl)s1. The third-order valence-electron chi connectivity index (χ3n) is 2.15. The van der Waals surface area contributed by atoms with Gasteiger partial charge >= 0.3 is 0 Å². The molecule has 0 saturated carbocycles. The van der Waals surface area contributed by atoms with Gasteiger partial charge in [0.25, 0.3) is 5.69 Å². The summed E-state index contributed by atoms with van der Waals surface area (Å²) in [6.45, 7) is 0. The minimum atomic E-state index is -0.456. The van der Waals surface area contributed by atoms with E-state index in [2.05, 4.69) is 4.98 Å². The molecule has 0 spiro atoms. The minimum absolute atomic E-state index is 0.000251. The maximum absolute atomic E-state index is 11.0. The summed E-state index contributed by atoms with van der Waals surface area (Å²) in [5, 5.41) is 11.4. The predicted octanol–water partition coefficient (Wildman–Crippen LogP) is 3.60. The first kappa shape index (κ1) is 14.0. The fraction of sp³-hybridized carbons (Fsp3) is 0.0909. The number of aldehydes is 1. The summed E-state index contributed by atoms with van der Waals surface area (Å²) in [5.74, 6) is 0. The van der Waals surface area contributed by atoms with Crippen LogP contribution < -0.4 is 0 Å². The number of thiophene rings is 1. The summed E-state index contributed by atoms with van der Waals surface area (Å²) < 4.78 is 0.509. The molecule has 0 aliphatic heterocycles. The molecule has 98 valence electrons. The van der Waals surface area contributed by atoms with Crippen LogP contribution in [0.5, 0.6) is 0 Å². The summed E-state index contributed by atoms with van der Waals surface area (Å²) in [4.78, 5) is 26.2. The number of nitro groups is 1. The summed E-state index contributed by atoms with van der Waals surface area (Å²) in [6.07, 6.45) is 3.95. The Morgan fingerprint density at radius 1 is 1.58 bits per heavy atom. The van der Waals surface area contributed by atoms with E-state index < -0.39 is 4.92 Å². The molecular formula is C11H7ClN2O3S2. The van der Waals surface area contributed by atoms with Crippen LogP contribution in [0.15, 0.2) is 33.6 Å². The first-order valence-corrected chi connectivity index (χ1v) is 7.11. The third kappa shape index (κ3) is 3.31. The van der Waals surface area contributed by atoms with Crippen molar-refractivity contribution < 1.29 is 9.72 Å². The zero-order chi connectivity index (χ0) is 13.8. The Kier molecular flexibility index (Phi) is 4.52. The quantitative estimate of drug-likeness (QED) is 0.479. The van der Waals surface area contributed by atoms with Gasteiger partial charge in [-0.2, -0.15) is 0 Å². The molecule has 0 aliphatic carbocycles. The molecule has 0 bridgehead atoms. The molecule has 0 saturated heterocycles. The van der Waals surface area contributed by atoms with Crippen molar-refractivity contribution in [1.82, 2.24) is 4.98 Å². The van der Waals surface area contributed by atoms with Crippen molar-refractivity contribution in [3.8, 4) is 0 Å². The molecule has 0 aliphatic rings. The van der Waals surface area contributed by atoms with E-state index in [1.807, 2.05) is 0 Å². The van der Waals surface area contributed by atoms with Crippen LogP contribution in [0.1, 0.15) is 4.88 Å². The topological polar surface area (TPSA) is 73.1 Å². The second-order valence-electron chi connectivity index (χ2n) is 3.42. The fourth-order valence-electron chi connectivity index (χ4n) is 1.34. The van der Waals surface area contributed by atoms with Crippen LogP contribution in [0.3, 0.4) is 0 Å². The first-order chi connectivity index (χ1) is 9.11. The van der Waals surface area contributed by atoms with Gasteiger partial charge in [-0.1, -0.05) is 23.4 Å². The number of pyridine rings is 1. The van der Waals surface area contributed by atoms with Gasteiger partial charge in [-0.3, -0.25) is 15.1 Å². The lowest BCUT2D eigenvalue weighted by Crippen LogP contribution is -1.86. The lowest BCUT2D eigenvalue weighted by molar-refractivity contribution is -0.387. The first-order valence-electron chi connectivity index (χ1n) is 5.10. The second kappa shape index (κ2) is 6.14. The Labute approximate surface area is 121 Å². The van der Waals surface area contributed by atoms with Gasteiger partial charge in [0, 0.05) is 34.7 Å². The Morgan fingerprint density at radius 2 is 2.37 bits per heavy atom. The number of hydrogen-bond donors (Lipinski definition) is 0. The third-order valence-corrected chi connectivity index (χ3v) is 4.97. The molecule has 0 amide bonds. The monoisotopic (exact) mass is 314 g/mol. The van der Waals surface area contributed by atoms with Crippen molar-refractivity contribution >= 4 is 46.7 Å². The van der Waals surface area contributed by atoms with Crippen molar-refractivity contribution in [2.45, 2.75) is 15.5 Å². The van der Waals surface area contributed by atoms with Crippen LogP contribution in [0, 0.1) is 10.1 Å². The minimum Gasteiger partial charge on any atom is -0.303 e. The predicted molar refractivity (Wildman–Crippen MR) is 74.1 cm³/mol. The van der Waals surface area contributed by atoms with Crippen molar-refractivity contribution in [3.63, 3.8) is 0 Å². The Balaban J connectivity index is 2.36. The molecule has 0 radical (unpaired) electrons. The largest absolute Gasteiger partial charge is 0.303 e. The zero-order valence-electron chi connectivity index (χ0n) is 9.41. The van der Waals surface area contributed by atoms with E-state index in [9.17, 15) is 14.9 Å². The molecule has 2 rings (SSSR count). The van der Waals surface area contributed by atoms with Crippen molar-refractivity contribution in [1.29, 1.82) is 0 Å². The number of hydrogen-bond acceptors (Lipinski definition) is 6. The van der Waals surface area contributed by atoms with E-state index in [-0.39, 0.29) is 12.1 Å². The van der Waals surface area contributed by atoms with Crippen molar-refractivity contribution in [2.24, 2.45) is 0 Å². The van der Waals surface area contributed by atoms with Gasteiger partial charge in [0.05, 0.1) is 9.95 Å². The van der Waals surface area contributed by atoms with E-state index in [1.54, 1.807) is 12.3 Å². The van der Waals surface area contributed by atoms with Crippen molar-refractivity contribution in [3.05, 3.63) is 44.5 Å². The van der Waals surface area contributed by atoms with Gasteiger partial charge in [-0.05, 0) is 6.07 Å². The molecule has 2 heterocycles. The Hall–Kier alpha value is -1.44. The molecule has 5 nitrogen and oxygen atoms in total. The molecule has 0 fully saturated rings. The molecule has 2 aromatic heterocycles. The molecule has 19 heavy (non-hydrogen) atoms. The van der Waals surface area contributed by atoms with E-state index >= 15 is 0 Å². The van der Waals surface area contributed by atoms with E-state index in [4.69, 9.17) is 11.6 Å². The highest BCUT2D eigenvalue weighted by Gasteiger charge is 2.20. The highest BCUT2D eigenvalue weighted by molar-refractivity contribution is 8.01. The molecule has 0 atom stereocenters. The van der Waals surface area contributed by atoms with Crippen LogP contribution in [0.25, 0.3) is 0 Å². The molecule has 8 heteroatoms. The number of rotatable bonds is 5. The molecule has 0 unspecified atom stereocenters. The van der Waals surface area contributed by atoms with Gasteiger partial charge in [0.2, 0.25) is 0 Å². The zero-order valence-corrected chi connectivity index (χ0v) is 11.8. The van der Waals surface area contributed by atoms with Crippen molar-refractivity contribution in [2.75, 3.05) is 0 Å². The normalized spacial score (nSPS) is 10.4. The van der Waals surface area contributed by atoms with Gasteiger partial charge in [0.15, 0.2) is 0 Å². The summed E-state index contributed by atoms with van der Waals surface area (Å²) in [7, 11) is 0. The molecular weight excluding hydrogens is 308 g/mol. The maximum atomic E-state index is 11.0. The number of carbonyl (C=O) groups excluding carboxylic acids is 1. The number of halogens is 1. The van der Waals surface area contributed by atoms with Crippen LogP contribution in [-0.2, 0) is 11.2 Å². The lowest BCUT2D eigenvalue weighted by atomic mass is 10.3. The standard InChI is InChI=1S/C11H7ClN2O3S2/c12-8-6-13-3-1-10(8)19-11-9(14(16)17)5-7(18-11)2-4-15/h1,3-6H,2H2. The number of aromatic nitrogens is 1. The summed E-state index contributed by atoms with van der Waals surface area (Å²) in [6, 6.07) is 3.12. The molecule has 0 N–H and O–H groups in total. The van der Waals surface area contributed by atoms with Gasteiger partial charge < -0.3 is 4.79 Å². The second-order valence-corrected chi connectivity index (χ2v) is 6.28. The van der Waals surface area contributed by atoms with E-state index in [0.29, 0.717) is 19.0 Å². The smallest absolute Gasteiger partial charge is 0.294 e.